The largest absolute Gasteiger partial charge is 0.331 e. The van der Waals surface area contributed by atoms with Gasteiger partial charge in [-0.05, 0) is 49.2 Å². The minimum atomic E-state index is -0.415. The molecule has 2 aliphatic heterocycles. The van der Waals surface area contributed by atoms with Gasteiger partial charge >= 0.3 is 0 Å². The second-order valence-electron chi connectivity index (χ2n) is 7.69. The lowest BCUT2D eigenvalue weighted by Crippen LogP contribution is -2.54. The molecule has 0 radical (unpaired) electrons. The maximum Gasteiger partial charge on any atom is 0.246 e. The first kappa shape index (κ1) is 19.1. The van der Waals surface area contributed by atoms with Gasteiger partial charge in [-0.1, -0.05) is 6.07 Å². The Morgan fingerprint density at radius 1 is 1.00 bits per heavy atom. The van der Waals surface area contributed by atoms with Gasteiger partial charge in [0.2, 0.25) is 17.7 Å². The Kier molecular flexibility index (Phi) is 5.05. The third-order valence-corrected chi connectivity index (χ3v) is 5.77. The number of carbonyl (C=O) groups excluding carboxylic acids is 3. The van der Waals surface area contributed by atoms with Crippen molar-refractivity contribution in [3.05, 3.63) is 53.9 Å². The van der Waals surface area contributed by atoms with Gasteiger partial charge in [-0.15, -0.1) is 0 Å². The Morgan fingerprint density at radius 2 is 1.83 bits per heavy atom. The van der Waals surface area contributed by atoms with Gasteiger partial charge in [-0.3, -0.25) is 19.4 Å². The number of hydrogen-bond donors (Lipinski definition) is 0. The molecule has 29 heavy (non-hydrogen) atoms. The van der Waals surface area contributed by atoms with Crippen LogP contribution in [0, 0.1) is 19.8 Å². The quantitative estimate of drug-likeness (QED) is 0.800. The summed E-state index contributed by atoms with van der Waals surface area (Å²) in [5.41, 5.74) is 3.84. The van der Waals surface area contributed by atoms with Gasteiger partial charge in [0.15, 0.2) is 0 Å². The summed E-state index contributed by atoms with van der Waals surface area (Å²) in [4.78, 5) is 47.1. The van der Waals surface area contributed by atoms with Gasteiger partial charge in [0, 0.05) is 37.9 Å². The topological polar surface area (TPSA) is 73.8 Å². The molecule has 0 saturated carbocycles. The van der Waals surface area contributed by atoms with Crippen LogP contribution in [0.15, 0.2) is 42.7 Å². The second kappa shape index (κ2) is 7.66. The maximum absolute atomic E-state index is 13.0. The van der Waals surface area contributed by atoms with Gasteiger partial charge < -0.3 is 14.7 Å². The van der Waals surface area contributed by atoms with Crippen LogP contribution in [0.4, 0.5) is 11.4 Å². The molecule has 2 aromatic rings. The second-order valence-corrected chi connectivity index (χ2v) is 7.69. The molecular weight excluding hydrogens is 368 g/mol. The number of carbonyl (C=O) groups is 3. The number of amides is 3. The van der Waals surface area contributed by atoms with E-state index in [0.717, 1.165) is 22.5 Å². The van der Waals surface area contributed by atoms with Crippen LogP contribution in [0.2, 0.25) is 0 Å². The minimum absolute atomic E-state index is 0.0298. The van der Waals surface area contributed by atoms with Crippen molar-refractivity contribution in [3.8, 4) is 0 Å². The highest BCUT2D eigenvalue weighted by Gasteiger charge is 2.39. The van der Waals surface area contributed by atoms with E-state index in [0.29, 0.717) is 19.6 Å². The zero-order chi connectivity index (χ0) is 20.5. The molecular formula is C22H24N4O3. The summed E-state index contributed by atoms with van der Waals surface area (Å²) in [7, 11) is 0. The molecule has 2 aliphatic rings. The predicted octanol–water partition coefficient (Wildman–Crippen LogP) is 1.93. The average Bonchev–Trinajstić information content (AvgIpc) is 3.11. The lowest BCUT2D eigenvalue weighted by molar-refractivity contribution is -0.140. The van der Waals surface area contributed by atoms with E-state index in [1.165, 1.54) is 0 Å². The van der Waals surface area contributed by atoms with Crippen LogP contribution in [-0.4, -0.2) is 53.8 Å². The third kappa shape index (κ3) is 3.72. The van der Waals surface area contributed by atoms with Gasteiger partial charge in [-0.2, -0.15) is 0 Å². The van der Waals surface area contributed by atoms with Crippen molar-refractivity contribution in [3.63, 3.8) is 0 Å². The normalized spacial score (nSPS) is 19.8. The average molecular weight is 392 g/mol. The van der Waals surface area contributed by atoms with E-state index in [4.69, 9.17) is 0 Å². The monoisotopic (exact) mass is 392 g/mol. The van der Waals surface area contributed by atoms with Gasteiger partial charge in [0.05, 0.1) is 17.8 Å². The molecule has 0 unspecified atom stereocenters. The van der Waals surface area contributed by atoms with Crippen LogP contribution >= 0.6 is 0 Å². The summed E-state index contributed by atoms with van der Waals surface area (Å²) >= 11 is 0. The van der Waals surface area contributed by atoms with Crippen LogP contribution in [0.25, 0.3) is 0 Å². The van der Waals surface area contributed by atoms with Crippen molar-refractivity contribution in [2.24, 2.45) is 5.92 Å². The molecule has 7 heteroatoms. The molecule has 3 amide bonds. The van der Waals surface area contributed by atoms with Gasteiger partial charge in [-0.25, -0.2) is 0 Å². The van der Waals surface area contributed by atoms with Crippen molar-refractivity contribution in [2.75, 3.05) is 36.0 Å². The fourth-order valence-corrected chi connectivity index (χ4v) is 3.92. The van der Waals surface area contributed by atoms with E-state index in [1.54, 1.807) is 33.2 Å². The predicted molar refractivity (Wildman–Crippen MR) is 110 cm³/mol. The van der Waals surface area contributed by atoms with Gasteiger partial charge in [0.1, 0.15) is 6.54 Å². The van der Waals surface area contributed by atoms with Crippen molar-refractivity contribution in [2.45, 2.75) is 20.3 Å². The van der Waals surface area contributed by atoms with E-state index in [9.17, 15) is 14.4 Å². The fraction of sp³-hybridized carbons (Fsp3) is 0.364. The molecule has 0 spiro atoms. The molecule has 1 aromatic carbocycles. The summed E-state index contributed by atoms with van der Waals surface area (Å²) in [6.45, 7) is 5.31. The zero-order valence-electron chi connectivity index (χ0n) is 16.7. The SMILES string of the molecule is Cc1ccc(N2C[C@@H](C(=O)N3CCN(c4cccnc4)C(=O)C3)CC2=O)cc1C. The number of hydrogen-bond acceptors (Lipinski definition) is 4. The maximum atomic E-state index is 13.0. The number of rotatable bonds is 3. The first-order chi connectivity index (χ1) is 13.9. The first-order valence-electron chi connectivity index (χ1n) is 9.81. The molecule has 4 rings (SSSR count). The number of aryl methyl sites for hydroxylation is 2. The van der Waals surface area contributed by atoms with E-state index in [2.05, 4.69) is 4.98 Å². The number of pyridine rings is 1. The van der Waals surface area contributed by atoms with Crippen molar-refractivity contribution < 1.29 is 14.4 Å². The van der Waals surface area contributed by atoms with Crippen LogP contribution in [0.5, 0.6) is 0 Å². The van der Waals surface area contributed by atoms with Crippen molar-refractivity contribution in [1.29, 1.82) is 0 Å². The first-order valence-corrected chi connectivity index (χ1v) is 9.81. The number of anilines is 2. The van der Waals surface area contributed by atoms with Crippen LogP contribution < -0.4 is 9.80 Å². The lowest BCUT2D eigenvalue weighted by Gasteiger charge is -2.35. The Labute approximate surface area is 169 Å². The molecule has 7 nitrogen and oxygen atoms in total. The fourth-order valence-electron chi connectivity index (χ4n) is 3.92. The lowest BCUT2D eigenvalue weighted by atomic mass is 10.1. The third-order valence-electron chi connectivity index (χ3n) is 5.77. The molecule has 2 fully saturated rings. The Balaban J connectivity index is 1.42. The molecule has 0 bridgehead atoms. The molecule has 1 aromatic heterocycles. The number of benzene rings is 1. The Bertz CT molecular complexity index is 960. The summed E-state index contributed by atoms with van der Waals surface area (Å²) in [6, 6.07) is 9.51. The summed E-state index contributed by atoms with van der Waals surface area (Å²) in [5.74, 6) is -0.717. The number of piperazine rings is 1. The molecule has 150 valence electrons. The van der Waals surface area contributed by atoms with E-state index in [1.807, 2.05) is 38.1 Å². The van der Waals surface area contributed by atoms with Crippen molar-refractivity contribution >= 4 is 29.1 Å². The summed E-state index contributed by atoms with van der Waals surface area (Å²) in [6.07, 6.45) is 3.49. The van der Waals surface area contributed by atoms with Crippen LogP contribution in [0.3, 0.4) is 0 Å². The number of aromatic nitrogens is 1. The standard InChI is InChI=1S/C22H24N4O3/c1-15-5-6-18(10-16(15)2)26-13-17(11-20(26)27)22(29)24-8-9-25(21(28)14-24)19-4-3-7-23-12-19/h3-7,10,12,17H,8-9,11,13-14H2,1-2H3/t17-/m0/s1. The summed E-state index contributed by atoms with van der Waals surface area (Å²) < 4.78 is 0. The Hall–Kier alpha value is -3.22. The zero-order valence-corrected chi connectivity index (χ0v) is 16.7. The molecule has 0 N–H and O–H groups in total. The molecule has 1 atom stereocenters. The van der Waals surface area contributed by atoms with E-state index in [-0.39, 0.29) is 30.7 Å². The highest BCUT2D eigenvalue weighted by Crippen LogP contribution is 2.28. The highest BCUT2D eigenvalue weighted by molar-refractivity contribution is 6.02. The van der Waals surface area contributed by atoms with Crippen LogP contribution in [0.1, 0.15) is 17.5 Å². The minimum Gasteiger partial charge on any atom is -0.331 e. The van der Waals surface area contributed by atoms with Crippen molar-refractivity contribution in [1.82, 2.24) is 9.88 Å². The summed E-state index contributed by atoms with van der Waals surface area (Å²) in [5, 5.41) is 0. The van der Waals surface area contributed by atoms with E-state index >= 15 is 0 Å². The van der Waals surface area contributed by atoms with Gasteiger partial charge in [0.25, 0.3) is 0 Å². The molecule has 0 aliphatic carbocycles. The van der Waals surface area contributed by atoms with E-state index < -0.39 is 5.92 Å². The highest BCUT2D eigenvalue weighted by atomic mass is 16.2. The Morgan fingerprint density at radius 3 is 2.52 bits per heavy atom. The number of nitrogens with zero attached hydrogens (tertiary/aromatic N) is 4. The molecule has 2 saturated heterocycles. The smallest absolute Gasteiger partial charge is 0.246 e. The molecule has 3 heterocycles. The van der Waals surface area contributed by atoms with Crippen LogP contribution in [-0.2, 0) is 14.4 Å².